The summed E-state index contributed by atoms with van der Waals surface area (Å²) in [4.78, 5) is 11.0. The van der Waals surface area contributed by atoms with E-state index in [0.717, 1.165) is 0 Å². The van der Waals surface area contributed by atoms with Gasteiger partial charge in [-0.25, -0.2) is 18.4 Å². The Morgan fingerprint density at radius 2 is 2.11 bits per heavy atom. The average Bonchev–Trinajstić information content (AvgIpc) is 2.28. The molecule has 3 N–H and O–H groups in total. The Labute approximate surface area is 105 Å². The standard InChI is InChI=1S/C10H14N2O5S/c1-3-17-10(13)12-7-4-5-8(16-2)9(6-7)18(11,14)15/h4-6H,3H2,1-2H3,(H,12,13)(H2,11,14,15). The van der Waals surface area contributed by atoms with Gasteiger partial charge in [-0.2, -0.15) is 0 Å². The number of rotatable bonds is 4. The number of sulfonamides is 1. The van der Waals surface area contributed by atoms with E-state index in [2.05, 4.69) is 10.1 Å². The zero-order valence-corrected chi connectivity index (χ0v) is 10.8. The van der Waals surface area contributed by atoms with Crippen molar-refractivity contribution in [2.75, 3.05) is 19.0 Å². The lowest BCUT2D eigenvalue weighted by Gasteiger charge is -2.10. The van der Waals surface area contributed by atoms with Gasteiger partial charge in [-0.1, -0.05) is 0 Å². The Morgan fingerprint density at radius 1 is 1.44 bits per heavy atom. The molecule has 0 bridgehead atoms. The van der Waals surface area contributed by atoms with E-state index in [0.29, 0.717) is 0 Å². The van der Waals surface area contributed by atoms with Crippen LogP contribution in [0.25, 0.3) is 0 Å². The van der Waals surface area contributed by atoms with Crippen LogP contribution in [0.5, 0.6) is 5.75 Å². The molecule has 0 radical (unpaired) electrons. The van der Waals surface area contributed by atoms with Crippen LogP contribution in [0.2, 0.25) is 0 Å². The lowest BCUT2D eigenvalue weighted by Crippen LogP contribution is -2.16. The zero-order valence-electron chi connectivity index (χ0n) is 9.97. The van der Waals surface area contributed by atoms with E-state index in [4.69, 9.17) is 9.88 Å². The van der Waals surface area contributed by atoms with Gasteiger partial charge in [0.2, 0.25) is 10.0 Å². The Morgan fingerprint density at radius 3 is 2.61 bits per heavy atom. The Kier molecular flexibility index (Phi) is 4.51. The summed E-state index contributed by atoms with van der Waals surface area (Å²) < 4.78 is 32.2. The van der Waals surface area contributed by atoms with Crippen molar-refractivity contribution in [3.05, 3.63) is 18.2 Å². The number of hydrogen-bond donors (Lipinski definition) is 2. The van der Waals surface area contributed by atoms with E-state index in [1.165, 1.54) is 25.3 Å². The third kappa shape index (κ3) is 3.60. The van der Waals surface area contributed by atoms with Crippen LogP contribution >= 0.6 is 0 Å². The molecule has 0 heterocycles. The van der Waals surface area contributed by atoms with Crippen molar-refractivity contribution < 1.29 is 22.7 Å². The molecule has 0 aliphatic carbocycles. The topological polar surface area (TPSA) is 108 Å². The maximum Gasteiger partial charge on any atom is 0.411 e. The highest BCUT2D eigenvalue weighted by Crippen LogP contribution is 2.26. The zero-order chi connectivity index (χ0) is 13.8. The second kappa shape index (κ2) is 5.69. The summed E-state index contributed by atoms with van der Waals surface area (Å²) in [5.74, 6) is 0.104. The van der Waals surface area contributed by atoms with E-state index >= 15 is 0 Å². The molecule has 0 saturated carbocycles. The van der Waals surface area contributed by atoms with Crippen molar-refractivity contribution in [3.8, 4) is 5.75 Å². The highest BCUT2D eigenvalue weighted by Gasteiger charge is 2.16. The molecule has 7 nitrogen and oxygen atoms in total. The van der Waals surface area contributed by atoms with E-state index in [1.807, 2.05) is 0 Å². The molecule has 8 heteroatoms. The van der Waals surface area contributed by atoms with Gasteiger partial charge >= 0.3 is 6.09 Å². The van der Waals surface area contributed by atoms with Crippen molar-refractivity contribution in [2.45, 2.75) is 11.8 Å². The summed E-state index contributed by atoms with van der Waals surface area (Å²) >= 11 is 0. The second-order valence-electron chi connectivity index (χ2n) is 3.26. The van der Waals surface area contributed by atoms with Crippen LogP contribution in [0, 0.1) is 0 Å². The fourth-order valence-electron chi connectivity index (χ4n) is 1.26. The number of amides is 1. The minimum atomic E-state index is -3.93. The molecule has 1 aromatic rings. The minimum absolute atomic E-state index is 0.104. The van der Waals surface area contributed by atoms with Gasteiger partial charge in [0.1, 0.15) is 10.6 Å². The van der Waals surface area contributed by atoms with Gasteiger partial charge < -0.3 is 9.47 Å². The number of nitrogens with two attached hydrogens (primary N) is 1. The number of hydrogen-bond acceptors (Lipinski definition) is 5. The van der Waals surface area contributed by atoms with Crippen LogP contribution in [0.4, 0.5) is 10.5 Å². The fourth-order valence-corrected chi connectivity index (χ4v) is 1.98. The van der Waals surface area contributed by atoms with Crippen molar-refractivity contribution in [1.29, 1.82) is 0 Å². The monoisotopic (exact) mass is 274 g/mol. The number of anilines is 1. The quantitative estimate of drug-likeness (QED) is 0.848. The third-order valence-electron chi connectivity index (χ3n) is 1.99. The largest absolute Gasteiger partial charge is 0.495 e. The highest BCUT2D eigenvalue weighted by atomic mass is 32.2. The van der Waals surface area contributed by atoms with E-state index in [9.17, 15) is 13.2 Å². The third-order valence-corrected chi connectivity index (χ3v) is 2.92. The van der Waals surface area contributed by atoms with Gasteiger partial charge in [0.25, 0.3) is 0 Å². The maximum atomic E-state index is 11.3. The van der Waals surface area contributed by atoms with Crippen molar-refractivity contribution >= 4 is 21.8 Å². The van der Waals surface area contributed by atoms with Crippen LogP contribution in [0.15, 0.2) is 23.1 Å². The van der Waals surface area contributed by atoms with Crippen LogP contribution in [-0.4, -0.2) is 28.2 Å². The molecule has 0 saturated heterocycles. The predicted molar refractivity (Wildman–Crippen MR) is 65.0 cm³/mol. The Bertz CT molecular complexity index is 541. The lowest BCUT2D eigenvalue weighted by atomic mass is 10.3. The smallest absolute Gasteiger partial charge is 0.411 e. The number of primary sulfonamides is 1. The molecule has 1 amide bonds. The fraction of sp³-hybridized carbons (Fsp3) is 0.300. The Balaban J connectivity index is 3.08. The molecule has 0 aromatic heterocycles. The molecule has 0 unspecified atom stereocenters. The first-order valence-corrected chi connectivity index (χ1v) is 6.57. The Hall–Kier alpha value is -1.80. The molecule has 0 spiro atoms. The lowest BCUT2D eigenvalue weighted by molar-refractivity contribution is 0.168. The van der Waals surface area contributed by atoms with Crippen molar-refractivity contribution in [2.24, 2.45) is 5.14 Å². The maximum absolute atomic E-state index is 11.3. The highest BCUT2D eigenvalue weighted by molar-refractivity contribution is 7.89. The predicted octanol–water partition coefficient (Wildman–Crippen LogP) is 0.911. The average molecular weight is 274 g/mol. The number of benzene rings is 1. The molecule has 1 rings (SSSR count). The molecule has 1 aromatic carbocycles. The number of carbonyl (C=O) groups is 1. The number of ether oxygens (including phenoxy) is 2. The van der Waals surface area contributed by atoms with Gasteiger partial charge in [0.05, 0.1) is 13.7 Å². The van der Waals surface area contributed by atoms with E-state index < -0.39 is 16.1 Å². The number of methoxy groups -OCH3 is 1. The van der Waals surface area contributed by atoms with Crippen LogP contribution in [0.1, 0.15) is 6.92 Å². The first-order valence-electron chi connectivity index (χ1n) is 5.03. The molecule has 0 aliphatic rings. The summed E-state index contributed by atoms with van der Waals surface area (Å²) in [7, 11) is -2.61. The van der Waals surface area contributed by atoms with Crippen LogP contribution in [-0.2, 0) is 14.8 Å². The molecule has 18 heavy (non-hydrogen) atoms. The normalized spacial score (nSPS) is 10.8. The molecule has 0 aliphatic heterocycles. The van der Waals surface area contributed by atoms with Crippen LogP contribution in [0.3, 0.4) is 0 Å². The molecule has 0 atom stereocenters. The van der Waals surface area contributed by atoms with E-state index in [1.54, 1.807) is 6.92 Å². The summed E-state index contributed by atoms with van der Waals surface area (Å²) in [6.45, 7) is 1.87. The summed E-state index contributed by atoms with van der Waals surface area (Å²) in [6, 6.07) is 4.07. The summed E-state index contributed by atoms with van der Waals surface area (Å²) in [6.07, 6.45) is -0.678. The van der Waals surface area contributed by atoms with Crippen molar-refractivity contribution in [1.82, 2.24) is 0 Å². The molecular weight excluding hydrogens is 260 g/mol. The SMILES string of the molecule is CCOC(=O)Nc1ccc(OC)c(S(N)(=O)=O)c1. The summed E-state index contributed by atoms with van der Waals surface area (Å²) in [5.41, 5.74) is 0.248. The first kappa shape index (κ1) is 14.3. The van der Waals surface area contributed by atoms with Crippen LogP contribution < -0.4 is 15.2 Å². The van der Waals surface area contributed by atoms with Gasteiger partial charge in [-0.05, 0) is 25.1 Å². The minimum Gasteiger partial charge on any atom is -0.495 e. The van der Waals surface area contributed by atoms with Gasteiger partial charge in [-0.15, -0.1) is 0 Å². The summed E-state index contributed by atoms with van der Waals surface area (Å²) in [5, 5.41) is 7.41. The molecular formula is C10H14N2O5S. The van der Waals surface area contributed by atoms with Gasteiger partial charge in [0.15, 0.2) is 0 Å². The van der Waals surface area contributed by atoms with Gasteiger partial charge in [-0.3, -0.25) is 5.32 Å². The number of carbonyl (C=O) groups excluding carboxylic acids is 1. The second-order valence-corrected chi connectivity index (χ2v) is 4.79. The van der Waals surface area contributed by atoms with Crippen molar-refractivity contribution in [3.63, 3.8) is 0 Å². The number of nitrogens with one attached hydrogen (secondary N) is 1. The van der Waals surface area contributed by atoms with Gasteiger partial charge in [0, 0.05) is 5.69 Å². The first-order chi connectivity index (χ1) is 8.38. The molecule has 0 fully saturated rings. The van der Waals surface area contributed by atoms with E-state index in [-0.39, 0.29) is 22.9 Å². The molecule has 100 valence electrons.